The number of pyridine rings is 1. The summed E-state index contributed by atoms with van der Waals surface area (Å²) in [6, 6.07) is 6.37. The Morgan fingerprint density at radius 3 is 2.65 bits per heavy atom. The molecular formula is C15H22N4O. The number of H-pyrrole nitrogens is 1. The summed E-state index contributed by atoms with van der Waals surface area (Å²) in [7, 11) is 0. The Labute approximate surface area is 119 Å². The van der Waals surface area contributed by atoms with E-state index >= 15 is 0 Å². The molecule has 5 heteroatoms. The third-order valence-electron chi connectivity index (χ3n) is 2.88. The van der Waals surface area contributed by atoms with Gasteiger partial charge in [0.25, 0.3) is 0 Å². The first-order chi connectivity index (χ1) is 9.56. The molecule has 5 nitrogen and oxygen atoms in total. The summed E-state index contributed by atoms with van der Waals surface area (Å²) in [6.07, 6.45) is 0.880. The Morgan fingerprint density at radius 1 is 1.25 bits per heavy atom. The number of hydrogen-bond donors (Lipinski definition) is 2. The highest BCUT2D eigenvalue weighted by atomic mass is 16.5. The smallest absolute Gasteiger partial charge is 0.240 e. The van der Waals surface area contributed by atoms with Crippen LogP contribution in [0.2, 0.25) is 0 Å². The topological polar surface area (TPSA) is 62.8 Å². The maximum Gasteiger partial charge on any atom is 0.240 e. The quantitative estimate of drug-likeness (QED) is 0.850. The minimum atomic E-state index is 0.451. The highest BCUT2D eigenvalue weighted by Crippen LogP contribution is 2.20. The van der Waals surface area contributed by atoms with Crippen LogP contribution in [0.1, 0.15) is 37.7 Å². The first-order valence-corrected chi connectivity index (χ1v) is 7.00. The molecular weight excluding hydrogens is 252 g/mol. The molecule has 0 aliphatic carbocycles. The molecule has 0 saturated heterocycles. The van der Waals surface area contributed by atoms with Gasteiger partial charge in [0.1, 0.15) is 0 Å². The van der Waals surface area contributed by atoms with Crippen molar-refractivity contribution in [3.63, 3.8) is 0 Å². The van der Waals surface area contributed by atoms with E-state index in [0.717, 1.165) is 24.4 Å². The summed E-state index contributed by atoms with van der Waals surface area (Å²) in [5.41, 5.74) is 3.16. The Balaban J connectivity index is 2.16. The normalized spacial score (nSPS) is 11.1. The zero-order valence-electron chi connectivity index (χ0n) is 12.5. The first-order valence-electron chi connectivity index (χ1n) is 7.00. The molecule has 0 amide bonds. The fourth-order valence-electron chi connectivity index (χ4n) is 1.83. The van der Waals surface area contributed by atoms with Gasteiger partial charge in [0.2, 0.25) is 11.8 Å². The molecule has 0 radical (unpaired) electrons. The predicted octanol–water partition coefficient (Wildman–Crippen LogP) is 2.97. The largest absolute Gasteiger partial charge is 0.419 e. The van der Waals surface area contributed by atoms with Crippen LogP contribution in [0.4, 0.5) is 0 Å². The molecule has 0 aromatic carbocycles. The van der Waals surface area contributed by atoms with Gasteiger partial charge in [-0.25, -0.2) is 4.98 Å². The van der Waals surface area contributed by atoms with Crippen LogP contribution in [0.5, 0.6) is 11.8 Å². The van der Waals surface area contributed by atoms with Crippen molar-refractivity contribution in [2.24, 2.45) is 0 Å². The van der Waals surface area contributed by atoms with Crippen LogP contribution < -0.4 is 10.1 Å². The summed E-state index contributed by atoms with van der Waals surface area (Å²) < 4.78 is 5.71. The van der Waals surface area contributed by atoms with Crippen molar-refractivity contribution in [3.05, 3.63) is 35.2 Å². The zero-order valence-corrected chi connectivity index (χ0v) is 12.5. The maximum atomic E-state index is 5.71. The Kier molecular flexibility index (Phi) is 4.74. The van der Waals surface area contributed by atoms with E-state index in [1.165, 1.54) is 5.56 Å². The van der Waals surface area contributed by atoms with Crippen LogP contribution in [0.3, 0.4) is 0 Å². The average molecular weight is 274 g/mol. The molecule has 0 unspecified atom stereocenters. The molecule has 0 atom stereocenters. The number of aryl methyl sites for hydroxylation is 2. The third-order valence-corrected chi connectivity index (χ3v) is 2.88. The molecule has 2 aromatic rings. The van der Waals surface area contributed by atoms with Crippen molar-refractivity contribution >= 4 is 0 Å². The lowest BCUT2D eigenvalue weighted by molar-refractivity contribution is 0.440. The summed E-state index contributed by atoms with van der Waals surface area (Å²) in [5, 5.41) is 10.3. The number of ether oxygens (including phenoxy) is 1. The van der Waals surface area contributed by atoms with Crippen LogP contribution in [-0.2, 0) is 13.0 Å². The highest BCUT2D eigenvalue weighted by Gasteiger charge is 2.06. The van der Waals surface area contributed by atoms with E-state index in [0.29, 0.717) is 17.8 Å². The maximum absolute atomic E-state index is 5.71. The molecule has 2 aromatic heterocycles. The second-order valence-electron chi connectivity index (χ2n) is 5.19. The minimum Gasteiger partial charge on any atom is -0.419 e. The number of hydrogen-bond acceptors (Lipinski definition) is 4. The third kappa shape index (κ3) is 4.06. The van der Waals surface area contributed by atoms with Crippen molar-refractivity contribution in [2.45, 2.75) is 46.7 Å². The van der Waals surface area contributed by atoms with Crippen molar-refractivity contribution in [1.29, 1.82) is 0 Å². The van der Waals surface area contributed by atoms with Gasteiger partial charge in [-0.15, -0.1) is 5.10 Å². The van der Waals surface area contributed by atoms with Gasteiger partial charge >= 0.3 is 0 Å². The highest BCUT2D eigenvalue weighted by molar-refractivity contribution is 5.28. The van der Waals surface area contributed by atoms with Gasteiger partial charge in [0.05, 0.1) is 0 Å². The summed E-state index contributed by atoms with van der Waals surface area (Å²) in [5.74, 6) is 1.14. The fourth-order valence-corrected chi connectivity index (χ4v) is 1.83. The van der Waals surface area contributed by atoms with E-state index in [1.54, 1.807) is 0 Å². The van der Waals surface area contributed by atoms with Gasteiger partial charge in [-0.3, -0.25) is 5.10 Å². The van der Waals surface area contributed by atoms with E-state index < -0.39 is 0 Å². The van der Waals surface area contributed by atoms with Gasteiger partial charge in [-0.05, 0) is 25.0 Å². The zero-order chi connectivity index (χ0) is 14.5. The summed E-state index contributed by atoms with van der Waals surface area (Å²) in [6.45, 7) is 9.10. The molecule has 0 fully saturated rings. The molecule has 2 heterocycles. The molecule has 0 aliphatic rings. The van der Waals surface area contributed by atoms with Crippen molar-refractivity contribution in [3.8, 4) is 11.8 Å². The van der Waals surface area contributed by atoms with Crippen molar-refractivity contribution in [2.75, 3.05) is 0 Å². The van der Waals surface area contributed by atoms with Gasteiger partial charge in [-0.2, -0.15) is 0 Å². The standard InChI is InChI=1S/C15H22N4O/c1-5-13-7-12(9-16-10(2)3)8-14(17-13)20-15-6-11(4)18-19-15/h6-8,10,16H,5,9H2,1-4H3,(H,18,19). The molecule has 2 rings (SSSR count). The monoisotopic (exact) mass is 274 g/mol. The molecule has 0 spiro atoms. The Hall–Kier alpha value is -1.88. The second kappa shape index (κ2) is 6.52. The Morgan fingerprint density at radius 2 is 2.05 bits per heavy atom. The molecule has 0 aliphatic heterocycles. The molecule has 0 saturated carbocycles. The molecule has 108 valence electrons. The fraction of sp³-hybridized carbons (Fsp3) is 0.467. The minimum absolute atomic E-state index is 0.451. The lowest BCUT2D eigenvalue weighted by atomic mass is 10.2. The summed E-state index contributed by atoms with van der Waals surface area (Å²) in [4.78, 5) is 4.48. The Bertz CT molecular complexity index is 563. The average Bonchev–Trinajstić information content (AvgIpc) is 2.81. The first kappa shape index (κ1) is 14.5. The van der Waals surface area contributed by atoms with Gasteiger partial charge in [-0.1, -0.05) is 20.8 Å². The number of aromatic nitrogens is 3. The number of nitrogens with one attached hydrogen (secondary N) is 2. The SMILES string of the molecule is CCc1cc(CNC(C)C)cc(Oc2cc(C)[nH]n2)n1. The lowest BCUT2D eigenvalue weighted by Crippen LogP contribution is -2.22. The molecule has 0 bridgehead atoms. The van der Waals surface area contributed by atoms with Crippen LogP contribution in [0.15, 0.2) is 18.2 Å². The van der Waals surface area contributed by atoms with Crippen LogP contribution in [0.25, 0.3) is 0 Å². The number of rotatable bonds is 6. The van der Waals surface area contributed by atoms with Crippen molar-refractivity contribution < 1.29 is 4.74 Å². The van der Waals surface area contributed by atoms with Gasteiger partial charge in [0, 0.05) is 36.1 Å². The molecule has 2 N–H and O–H groups in total. The van der Waals surface area contributed by atoms with Crippen LogP contribution in [-0.4, -0.2) is 21.2 Å². The molecule has 20 heavy (non-hydrogen) atoms. The predicted molar refractivity (Wildman–Crippen MR) is 79.0 cm³/mol. The van der Waals surface area contributed by atoms with E-state index in [9.17, 15) is 0 Å². The van der Waals surface area contributed by atoms with Crippen molar-refractivity contribution in [1.82, 2.24) is 20.5 Å². The van der Waals surface area contributed by atoms with E-state index in [2.05, 4.69) is 47.3 Å². The van der Waals surface area contributed by atoms with Crippen LogP contribution >= 0.6 is 0 Å². The van der Waals surface area contributed by atoms with Gasteiger partial charge < -0.3 is 10.1 Å². The van der Waals surface area contributed by atoms with Crippen LogP contribution in [0, 0.1) is 6.92 Å². The second-order valence-corrected chi connectivity index (χ2v) is 5.19. The van der Waals surface area contributed by atoms with Gasteiger partial charge in [0.15, 0.2) is 0 Å². The van der Waals surface area contributed by atoms with E-state index in [1.807, 2.05) is 19.1 Å². The van der Waals surface area contributed by atoms with E-state index in [-0.39, 0.29) is 0 Å². The number of aromatic amines is 1. The lowest BCUT2D eigenvalue weighted by Gasteiger charge is -2.11. The van der Waals surface area contributed by atoms with E-state index in [4.69, 9.17) is 4.74 Å². The summed E-state index contributed by atoms with van der Waals surface area (Å²) >= 11 is 0. The number of nitrogens with zero attached hydrogens (tertiary/aromatic N) is 2.